The highest BCUT2D eigenvalue weighted by molar-refractivity contribution is 6.30. The predicted molar refractivity (Wildman–Crippen MR) is 129 cm³/mol. The summed E-state index contributed by atoms with van der Waals surface area (Å²) in [7, 11) is 2.92. The summed E-state index contributed by atoms with van der Waals surface area (Å²) in [5, 5.41) is 3.61. The lowest BCUT2D eigenvalue weighted by Crippen LogP contribution is -2.40. The standard InChI is InChI=1S/C24H24ClN5O4/c1-15(34-18-11-9-17(25)10-12-18)20(16-7-5-4-6-8-16)27-19(31)13-30-14-26-22-21(30)23(32)29(3)24(33)28(22)2/h4-12,14-15,20H,13H2,1-3H3,(H,27,31). The molecule has 2 atom stereocenters. The molecule has 34 heavy (non-hydrogen) atoms. The molecule has 1 amide bonds. The lowest BCUT2D eigenvalue weighted by Gasteiger charge is -2.26. The van der Waals surface area contributed by atoms with Gasteiger partial charge in [0.25, 0.3) is 5.56 Å². The molecule has 4 aromatic rings. The zero-order valence-electron chi connectivity index (χ0n) is 18.9. The zero-order chi connectivity index (χ0) is 24.4. The van der Waals surface area contributed by atoms with Crippen LogP contribution >= 0.6 is 11.6 Å². The first kappa shape index (κ1) is 23.3. The quantitative estimate of drug-likeness (QED) is 0.437. The van der Waals surface area contributed by atoms with Gasteiger partial charge in [0.05, 0.1) is 12.4 Å². The Bertz CT molecular complexity index is 1440. The molecule has 4 rings (SSSR count). The van der Waals surface area contributed by atoms with Crippen molar-refractivity contribution in [1.82, 2.24) is 24.0 Å². The minimum atomic E-state index is -0.512. The van der Waals surface area contributed by atoms with Crippen molar-refractivity contribution >= 4 is 28.7 Å². The summed E-state index contributed by atoms with van der Waals surface area (Å²) in [4.78, 5) is 42.1. The molecule has 176 valence electrons. The number of imidazole rings is 1. The average Bonchev–Trinajstić information content (AvgIpc) is 3.25. The van der Waals surface area contributed by atoms with Crippen LogP contribution in [0.15, 0.2) is 70.5 Å². The number of fused-ring (bicyclic) bond motifs is 1. The van der Waals surface area contributed by atoms with Crippen molar-refractivity contribution < 1.29 is 9.53 Å². The number of rotatable bonds is 7. The van der Waals surface area contributed by atoms with E-state index < -0.39 is 23.4 Å². The largest absolute Gasteiger partial charge is 0.488 e. The Balaban J connectivity index is 1.60. The topological polar surface area (TPSA) is 100 Å². The van der Waals surface area contributed by atoms with Gasteiger partial charge < -0.3 is 14.6 Å². The fraction of sp³-hybridized carbons (Fsp3) is 0.250. The summed E-state index contributed by atoms with van der Waals surface area (Å²) >= 11 is 5.96. The van der Waals surface area contributed by atoms with Gasteiger partial charge >= 0.3 is 5.69 Å². The van der Waals surface area contributed by atoms with Crippen LogP contribution in [0.25, 0.3) is 11.2 Å². The molecule has 0 radical (unpaired) electrons. The van der Waals surface area contributed by atoms with Crippen molar-refractivity contribution in [1.29, 1.82) is 0 Å². The minimum absolute atomic E-state index is 0.152. The van der Waals surface area contributed by atoms with Crippen LogP contribution in [0.2, 0.25) is 5.02 Å². The van der Waals surface area contributed by atoms with Crippen LogP contribution in [-0.4, -0.2) is 30.7 Å². The van der Waals surface area contributed by atoms with Crippen molar-refractivity contribution in [2.75, 3.05) is 0 Å². The maximum atomic E-state index is 13.1. The minimum Gasteiger partial charge on any atom is -0.488 e. The molecule has 2 unspecified atom stereocenters. The van der Waals surface area contributed by atoms with Crippen LogP contribution in [0, 0.1) is 0 Å². The Labute approximate surface area is 200 Å². The Hall–Kier alpha value is -3.85. The number of aromatic nitrogens is 4. The molecular weight excluding hydrogens is 458 g/mol. The van der Waals surface area contributed by atoms with E-state index >= 15 is 0 Å². The first-order valence-corrected chi connectivity index (χ1v) is 11.0. The van der Waals surface area contributed by atoms with Crippen LogP contribution in [0.1, 0.15) is 18.5 Å². The van der Waals surface area contributed by atoms with Crippen molar-refractivity contribution in [3.63, 3.8) is 0 Å². The molecule has 0 spiro atoms. The van der Waals surface area contributed by atoms with Crippen LogP contribution in [0.3, 0.4) is 0 Å². The first-order chi connectivity index (χ1) is 16.3. The van der Waals surface area contributed by atoms with Gasteiger partial charge in [-0.3, -0.25) is 18.7 Å². The Morgan fingerprint density at radius 1 is 1.06 bits per heavy atom. The molecular formula is C24H24ClN5O4. The van der Waals surface area contributed by atoms with E-state index in [4.69, 9.17) is 16.3 Å². The number of carbonyl (C=O) groups is 1. The number of benzene rings is 2. The predicted octanol–water partition coefficient (Wildman–Crippen LogP) is 2.41. The van der Waals surface area contributed by atoms with Crippen molar-refractivity contribution in [3.05, 3.63) is 92.3 Å². The summed E-state index contributed by atoms with van der Waals surface area (Å²) in [6.45, 7) is 1.71. The number of amides is 1. The summed E-state index contributed by atoms with van der Waals surface area (Å²) < 4.78 is 9.79. The van der Waals surface area contributed by atoms with E-state index in [0.29, 0.717) is 10.8 Å². The van der Waals surface area contributed by atoms with Gasteiger partial charge in [-0.2, -0.15) is 0 Å². The number of hydrogen-bond acceptors (Lipinski definition) is 5. The molecule has 0 aliphatic carbocycles. The summed E-state index contributed by atoms with van der Waals surface area (Å²) in [6, 6.07) is 16.0. The van der Waals surface area contributed by atoms with E-state index in [2.05, 4.69) is 10.3 Å². The number of halogens is 1. The number of nitrogens with zero attached hydrogens (tertiary/aromatic N) is 4. The fourth-order valence-corrected chi connectivity index (χ4v) is 3.94. The molecule has 10 heteroatoms. The van der Waals surface area contributed by atoms with Crippen LogP contribution < -0.4 is 21.3 Å². The molecule has 2 aromatic heterocycles. The van der Waals surface area contributed by atoms with Crippen LogP contribution in [0.5, 0.6) is 5.75 Å². The third-order valence-corrected chi connectivity index (χ3v) is 5.86. The van der Waals surface area contributed by atoms with Crippen LogP contribution in [0.4, 0.5) is 0 Å². The van der Waals surface area contributed by atoms with Gasteiger partial charge in [0.2, 0.25) is 5.91 Å². The normalized spacial score (nSPS) is 12.9. The lowest BCUT2D eigenvalue weighted by molar-refractivity contribution is -0.123. The Kier molecular flexibility index (Phi) is 6.56. The summed E-state index contributed by atoms with van der Waals surface area (Å²) in [5.74, 6) is 0.285. The van der Waals surface area contributed by atoms with Gasteiger partial charge in [0, 0.05) is 19.1 Å². The van der Waals surface area contributed by atoms with E-state index in [1.165, 1.54) is 29.6 Å². The van der Waals surface area contributed by atoms with Crippen LogP contribution in [-0.2, 0) is 25.4 Å². The maximum Gasteiger partial charge on any atom is 0.332 e. The Morgan fingerprint density at radius 3 is 2.41 bits per heavy atom. The molecule has 2 aromatic carbocycles. The first-order valence-electron chi connectivity index (χ1n) is 10.6. The number of carbonyl (C=O) groups excluding carboxylic acids is 1. The second-order valence-electron chi connectivity index (χ2n) is 7.98. The highest BCUT2D eigenvalue weighted by Gasteiger charge is 2.24. The van der Waals surface area contributed by atoms with Gasteiger partial charge in [-0.05, 0) is 36.8 Å². The van der Waals surface area contributed by atoms with E-state index in [1.807, 2.05) is 37.3 Å². The molecule has 2 heterocycles. The zero-order valence-corrected chi connectivity index (χ0v) is 19.7. The molecule has 0 fully saturated rings. The van der Waals surface area contributed by atoms with Gasteiger partial charge in [-0.25, -0.2) is 9.78 Å². The second kappa shape index (κ2) is 9.56. The van der Waals surface area contributed by atoms with Gasteiger partial charge in [0.1, 0.15) is 18.4 Å². The SMILES string of the molecule is CC(Oc1ccc(Cl)cc1)C(NC(=O)Cn1cnc2c1c(=O)n(C)c(=O)n2C)c1ccccc1. The molecule has 0 bridgehead atoms. The molecule has 0 saturated heterocycles. The van der Waals surface area contributed by atoms with Crippen molar-refractivity contribution in [2.45, 2.75) is 25.6 Å². The highest BCUT2D eigenvalue weighted by Crippen LogP contribution is 2.23. The van der Waals surface area contributed by atoms with Gasteiger partial charge in [0.15, 0.2) is 11.2 Å². The van der Waals surface area contributed by atoms with Crippen molar-refractivity contribution in [3.8, 4) is 5.75 Å². The molecule has 0 aliphatic rings. The fourth-order valence-electron chi connectivity index (χ4n) is 3.82. The molecule has 9 nitrogen and oxygen atoms in total. The van der Waals surface area contributed by atoms with Gasteiger partial charge in [-0.15, -0.1) is 0 Å². The van der Waals surface area contributed by atoms with Crippen molar-refractivity contribution in [2.24, 2.45) is 14.1 Å². The molecule has 1 N–H and O–H groups in total. The second-order valence-corrected chi connectivity index (χ2v) is 8.42. The third kappa shape index (κ3) is 4.60. The van der Waals surface area contributed by atoms with E-state index in [-0.39, 0.29) is 23.6 Å². The average molecular weight is 482 g/mol. The molecule has 0 aliphatic heterocycles. The van der Waals surface area contributed by atoms with E-state index in [0.717, 1.165) is 10.1 Å². The van der Waals surface area contributed by atoms with E-state index in [1.54, 1.807) is 24.3 Å². The summed E-state index contributed by atoms with van der Waals surface area (Å²) in [5.41, 5.74) is 0.277. The number of nitrogens with one attached hydrogen (secondary N) is 1. The monoisotopic (exact) mass is 481 g/mol. The number of aryl methyl sites for hydroxylation is 1. The third-order valence-electron chi connectivity index (χ3n) is 5.61. The Morgan fingerprint density at radius 2 is 1.74 bits per heavy atom. The number of hydrogen-bond donors (Lipinski definition) is 1. The highest BCUT2D eigenvalue weighted by atomic mass is 35.5. The lowest BCUT2D eigenvalue weighted by atomic mass is 10.0. The number of ether oxygens (including phenoxy) is 1. The van der Waals surface area contributed by atoms with E-state index in [9.17, 15) is 14.4 Å². The smallest absolute Gasteiger partial charge is 0.332 e. The maximum absolute atomic E-state index is 13.1. The summed E-state index contributed by atoms with van der Waals surface area (Å²) in [6.07, 6.45) is 0.969. The molecule has 0 saturated carbocycles. The van der Waals surface area contributed by atoms with Gasteiger partial charge in [-0.1, -0.05) is 41.9 Å².